The number of amides is 3. The lowest BCUT2D eigenvalue weighted by Gasteiger charge is -2.35. The van der Waals surface area contributed by atoms with E-state index >= 15 is 0 Å². The van der Waals surface area contributed by atoms with Crippen LogP contribution in [-0.2, 0) is 32.0 Å². The molecule has 0 radical (unpaired) electrons. The van der Waals surface area contributed by atoms with Gasteiger partial charge in [-0.25, -0.2) is 24.5 Å². The van der Waals surface area contributed by atoms with Crippen molar-refractivity contribution in [3.63, 3.8) is 0 Å². The van der Waals surface area contributed by atoms with Gasteiger partial charge in [-0.2, -0.15) is 0 Å². The topological polar surface area (TPSA) is 202 Å². The van der Waals surface area contributed by atoms with Crippen LogP contribution >= 0.6 is 0 Å². The van der Waals surface area contributed by atoms with Gasteiger partial charge in [-0.3, -0.25) is 14.6 Å². The number of aromatic amines is 2. The van der Waals surface area contributed by atoms with Crippen LogP contribution < -0.4 is 10.6 Å². The number of carbonyl (C=O) groups excluding carboxylic acids is 4. The molecule has 2 aromatic carbocycles. The number of imidazole rings is 2. The summed E-state index contributed by atoms with van der Waals surface area (Å²) in [6, 6.07) is 14.7. The minimum absolute atomic E-state index is 0.0868. The average molecular weight is 839 g/mol. The van der Waals surface area contributed by atoms with Crippen molar-refractivity contribution < 1.29 is 28.7 Å². The van der Waals surface area contributed by atoms with E-state index in [1.165, 1.54) is 14.2 Å². The number of ketones is 1. The molecule has 6 heterocycles. The van der Waals surface area contributed by atoms with Crippen LogP contribution in [0.3, 0.4) is 0 Å². The SMILES string of the molecule is COC(=O)N[C@H]1CCc2ccn3c2C1C(=O)C[C@H](c1ncc(-c2ccc(-c4cnc5cc(-c6cnc([C@@H]7CCCN7C(=O)[C@@H](NC(=O)OC)C(C)(C)C)[nH]6)ccc5n4)cc2)[nH]1)C3. The van der Waals surface area contributed by atoms with E-state index in [1.54, 1.807) is 17.3 Å². The summed E-state index contributed by atoms with van der Waals surface area (Å²) in [6.45, 7) is 6.92. The number of ether oxygens (including phenoxy) is 2. The van der Waals surface area contributed by atoms with Crippen molar-refractivity contribution in [2.45, 2.75) is 89.4 Å². The summed E-state index contributed by atoms with van der Waals surface area (Å²) in [4.78, 5) is 79.8. The van der Waals surface area contributed by atoms with Crippen molar-refractivity contribution in [3.8, 4) is 33.8 Å². The maximum atomic E-state index is 13.8. The summed E-state index contributed by atoms with van der Waals surface area (Å²) in [5.74, 6) is 0.777. The average Bonchev–Trinajstić information content (AvgIpc) is 4.11. The molecule has 5 atom stereocenters. The van der Waals surface area contributed by atoms with Crippen LogP contribution in [0, 0.1) is 5.41 Å². The van der Waals surface area contributed by atoms with Gasteiger partial charge in [0.1, 0.15) is 23.5 Å². The highest BCUT2D eigenvalue weighted by Gasteiger charge is 2.43. The Kier molecular flexibility index (Phi) is 10.6. The molecular formula is C46H50N10O6. The zero-order valence-electron chi connectivity index (χ0n) is 35.4. The molecule has 3 amide bonds. The fraction of sp³-hybridized carbons (Fsp3) is 0.391. The maximum absolute atomic E-state index is 13.8. The van der Waals surface area contributed by atoms with Gasteiger partial charge in [-0.15, -0.1) is 0 Å². The standard InChI is InChI=1S/C46H50N10O6/c1-46(2,3)40(54-45(60)62-5)43(58)56-17-6-7-36(56)42-49-23-35(52-42)28-13-14-30-32(19-28)47-21-33(50-30)25-8-10-26(11-9-25)34-22-48-41(51-34)29-20-37(57)38-31(53-44(59)61-4)15-12-27-16-18-55(24-29)39(27)38/h8-11,13-14,16,18-19,21-23,29,31,36,38,40H,6-7,12,15,17,20,24H2,1-5H3,(H,48,51)(H,49,52)(H,53,59)(H,54,60)/t29-,31-,36-,38?,40+/m0/s1. The molecule has 0 bridgehead atoms. The fourth-order valence-corrected chi connectivity index (χ4v) is 9.33. The molecule has 9 rings (SSSR count). The van der Waals surface area contributed by atoms with Gasteiger partial charge in [-0.1, -0.05) is 51.1 Å². The molecule has 320 valence electrons. The molecule has 6 aromatic rings. The zero-order chi connectivity index (χ0) is 43.3. The summed E-state index contributed by atoms with van der Waals surface area (Å²) in [7, 11) is 2.62. The second kappa shape index (κ2) is 16.2. The van der Waals surface area contributed by atoms with Crippen LogP contribution in [0.15, 0.2) is 73.3 Å². The van der Waals surface area contributed by atoms with Crippen LogP contribution in [0.25, 0.3) is 44.8 Å². The van der Waals surface area contributed by atoms with Gasteiger partial charge in [-0.05, 0) is 60.4 Å². The Hall–Kier alpha value is -6.84. The number of hydrogen-bond donors (Lipinski definition) is 4. The minimum Gasteiger partial charge on any atom is -0.453 e. The third-order valence-electron chi connectivity index (χ3n) is 12.6. The number of rotatable bonds is 8. The molecule has 1 aliphatic carbocycles. The normalized spacial score (nSPS) is 20.3. The van der Waals surface area contributed by atoms with Gasteiger partial charge < -0.3 is 39.5 Å². The number of likely N-dealkylation sites (tertiary alicyclic amines) is 1. The zero-order valence-corrected chi connectivity index (χ0v) is 35.4. The first-order valence-electron chi connectivity index (χ1n) is 21.1. The molecule has 0 saturated carbocycles. The van der Waals surface area contributed by atoms with Crippen molar-refractivity contribution in [2.24, 2.45) is 5.41 Å². The second-order valence-electron chi connectivity index (χ2n) is 17.5. The number of benzene rings is 2. The van der Waals surface area contributed by atoms with E-state index in [1.807, 2.05) is 75.6 Å². The van der Waals surface area contributed by atoms with Crippen molar-refractivity contribution >= 4 is 34.9 Å². The lowest BCUT2D eigenvalue weighted by Crippen LogP contribution is -2.54. The molecule has 1 unspecified atom stereocenters. The molecule has 3 aliphatic rings. The van der Waals surface area contributed by atoms with Gasteiger partial charge in [0.05, 0.1) is 72.9 Å². The van der Waals surface area contributed by atoms with Crippen LogP contribution in [-0.4, -0.2) is 96.1 Å². The van der Waals surface area contributed by atoms with Crippen molar-refractivity contribution in [1.29, 1.82) is 0 Å². The number of methoxy groups -OCH3 is 2. The molecule has 1 fully saturated rings. The lowest BCUT2D eigenvalue weighted by atomic mass is 9.79. The van der Waals surface area contributed by atoms with E-state index in [2.05, 4.69) is 31.2 Å². The molecule has 2 aliphatic heterocycles. The first kappa shape index (κ1) is 40.6. The number of aryl methyl sites for hydroxylation is 1. The number of Topliss-reactive ketones (excluding diaryl/α,β-unsaturated/α-hetero) is 1. The molecule has 16 nitrogen and oxygen atoms in total. The first-order chi connectivity index (χ1) is 29.9. The number of fused-ring (bicyclic) bond motifs is 1. The first-order valence-corrected chi connectivity index (χ1v) is 21.1. The van der Waals surface area contributed by atoms with Gasteiger partial charge in [0, 0.05) is 54.5 Å². The minimum atomic E-state index is -0.757. The van der Waals surface area contributed by atoms with Gasteiger partial charge in [0.15, 0.2) is 0 Å². The van der Waals surface area contributed by atoms with Gasteiger partial charge >= 0.3 is 12.2 Å². The highest BCUT2D eigenvalue weighted by atomic mass is 16.5. The largest absolute Gasteiger partial charge is 0.453 e. The highest BCUT2D eigenvalue weighted by Crippen LogP contribution is 2.40. The summed E-state index contributed by atoms with van der Waals surface area (Å²) < 4.78 is 11.8. The molecular weight excluding hydrogens is 789 g/mol. The van der Waals surface area contributed by atoms with Crippen molar-refractivity contribution in [3.05, 3.63) is 96.2 Å². The van der Waals surface area contributed by atoms with E-state index < -0.39 is 29.6 Å². The number of nitrogens with one attached hydrogen (secondary N) is 4. The highest BCUT2D eigenvalue weighted by molar-refractivity contribution is 5.89. The molecule has 4 N–H and O–H groups in total. The Morgan fingerprint density at radius 3 is 2.31 bits per heavy atom. The second-order valence-corrected chi connectivity index (χ2v) is 17.5. The molecule has 4 aromatic heterocycles. The molecule has 1 saturated heterocycles. The number of hydrogen-bond acceptors (Lipinski definition) is 10. The number of carbonyl (C=O) groups is 4. The third-order valence-corrected chi connectivity index (χ3v) is 12.6. The molecule has 62 heavy (non-hydrogen) atoms. The van der Waals surface area contributed by atoms with E-state index in [-0.39, 0.29) is 29.7 Å². The maximum Gasteiger partial charge on any atom is 0.407 e. The Labute approximate surface area is 358 Å². The number of aromatic nitrogens is 7. The quantitative estimate of drug-likeness (QED) is 0.126. The van der Waals surface area contributed by atoms with Crippen LogP contribution in [0.2, 0.25) is 0 Å². The Balaban J connectivity index is 0.879. The van der Waals surface area contributed by atoms with Crippen LogP contribution in [0.4, 0.5) is 9.59 Å². The van der Waals surface area contributed by atoms with E-state index in [0.717, 1.165) is 81.1 Å². The van der Waals surface area contributed by atoms with Gasteiger partial charge in [0.25, 0.3) is 0 Å². The number of H-pyrrole nitrogens is 2. The van der Waals surface area contributed by atoms with Gasteiger partial charge in [0.2, 0.25) is 5.91 Å². The fourth-order valence-electron chi connectivity index (χ4n) is 9.33. The Bertz CT molecular complexity index is 2680. The van der Waals surface area contributed by atoms with Crippen LogP contribution in [0.5, 0.6) is 0 Å². The summed E-state index contributed by atoms with van der Waals surface area (Å²) in [5.41, 5.74) is 8.22. The third kappa shape index (κ3) is 7.69. The predicted molar refractivity (Wildman–Crippen MR) is 230 cm³/mol. The van der Waals surface area contributed by atoms with E-state index in [4.69, 9.17) is 29.4 Å². The predicted octanol–water partition coefficient (Wildman–Crippen LogP) is 6.82. The summed E-state index contributed by atoms with van der Waals surface area (Å²) in [5, 5.41) is 5.64. The monoisotopic (exact) mass is 838 g/mol. The smallest absolute Gasteiger partial charge is 0.407 e. The lowest BCUT2D eigenvalue weighted by molar-refractivity contribution is -0.137. The summed E-state index contributed by atoms with van der Waals surface area (Å²) in [6.07, 6.45) is 9.59. The Morgan fingerprint density at radius 1 is 0.839 bits per heavy atom. The number of alkyl carbamates (subject to hydrolysis) is 2. The van der Waals surface area contributed by atoms with E-state index in [0.29, 0.717) is 31.8 Å². The summed E-state index contributed by atoms with van der Waals surface area (Å²) >= 11 is 0. The Morgan fingerprint density at radius 2 is 1.55 bits per heavy atom. The number of nitrogens with zero attached hydrogens (tertiary/aromatic N) is 6. The van der Waals surface area contributed by atoms with E-state index in [9.17, 15) is 19.2 Å². The molecule has 16 heteroatoms. The van der Waals surface area contributed by atoms with Crippen molar-refractivity contribution in [1.82, 2.24) is 50.0 Å². The molecule has 0 spiro atoms. The van der Waals surface area contributed by atoms with Crippen LogP contribution in [0.1, 0.15) is 87.2 Å². The van der Waals surface area contributed by atoms with Crippen molar-refractivity contribution in [2.75, 3.05) is 20.8 Å².